The summed E-state index contributed by atoms with van der Waals surface area (Å²) in [7, 11) is 0. The number of benzene rings is 3. The fourth-order valence-electron chi connectivity index (χ4n) is 4.34. The number of hydrogen-bond donors (Lipinski definition) is 3. The summed E-state index contributed by atoms with van der Waals surface area (Å²) in [4.78, 5) is 42.4. The molecule has 5 rings (SSSR count). The van der Waals surface area contributed by atoms with Gasteiger partial charge in [0.05, 0.1) is 0 Å². The van der Waals surface area contributed by atoms with Crippen LogP contribution in [0.25, 0.3) is 21.7 Å². The third-order valence-corrected chi connectivity index (χ3v) is 6.26. The summed E-state index contributed by atoms with van der Waals surface area (Å²) in [5.41, 5.74) is 1.63. The van der Waals surface area contributed by atoms with Gasteiger partial charge in [-0.05, 0) is 64.9 Å². The minimum absolute atomic E-state index is 0.315. The maximum absolute atomic E-state index is 13.2. The molecular formula is C26H24N4O3. The van der Waals surface area contributed by atoms with Crippen LogP contribution in [-0.2, 0) is 21.5 Å². The second-order valence-electron chi connectivity index (χ2n) is 8.51. The van der Waals surface area contributed by atoms with Gasteiger partial charge in [0.15, 0.2) is 0 Å². The van der Waals surface area contributed by atoms with E-state index in [0.29, 0.717) is 18.5 Å². The van der Waals surface area contributed by atoms with Gasteiger partial charge >= 0.3 is 6.03 Å². The molecule has 0 spiro atoms. The molecule has 4 aromatic rings. The highest BCUT2D eigenvalue weighted by Gasteiger charge is 2.49. The molecule has 33 heavy (non-hydrogen) atoms. The number of carbonyl (C=O) groups is 3. The number of rotatable bonds is 6. The molecule has 1 aliphatic rings. The molecule has 7 nitrogen and oxygen atoms in total. The van der Waals surface area contributed by atoms with E-state index in [9.17, 15) is 14.4 Å². The van der Waals surface area contributed by atoms with Crippen molar-refractivity contribution in [1.29, 1.82) is 0 Å². The molecule has 3 aromatic carbocycles. The molecule has 166 valence electrons. The standard InChI is InChI=1S/C26H24N4O3/c1-26(21-8-7-18-4-2-3-5-19(18)15-21)24(32)30(25(33)29-26)16-23(31)28-12-10-17-6-9-22-20(14-17)11-13-27-22/h2-9,11,13-15,27H,10,12,16H2,1H3,(H,28,31)(H,29,33)/t26-/m1/s1. The zero-order valence-corrected chi connectivity index (χ0v) is 18.2. The van der Waals surface area contributed by atoms with E-state index >= 15 is 0 Å². The number of imide groups is 1. The highest BCUT2D eigenvalue weighted by Crippen LogP contribution is 2.30. The molecule has 1 aromatic heterocycles. The SMILES string of the molecule is C[C@]1(c2ccc3ccccc3c2)NC(=O)N(CC(=O)NCCc2ccc3[nH]ccc3c2)C1=O. The second-order valence-corrected chi connectivity index (χ2v) is 8.51. The average molecular weight is 441 g/mol. The van der Waals surface area contributed by atoms with Crippen LogP contribution >= 0.6 is 0 Å². The van der Waals surface area contributed by atoms with Crippen LogP contribution in [0.15, 0.2) is 72.9 Å². The highest BCUT2D eigenvalue weighted by atomic mass is 16.2. The van der Waals surface area contributed by atoms with Crippen molar-refractivity contribution in [2.75, 3.05) is 13.1 Å². The Balaban J connectivity index is 1.23. The Hall–Kier alpha value is -4.13. The Bertz CT molecular complexity index is 1390. The van der Waals surface area contributed by atoms with E-state index in [1.807, 2.05) is 66.9 Å². The van der Waals surface area contributed by atoms with Gasteiger partial charge in [-0.1, -0.05) is 42.5 Å². The van der Waals surface area contributed by atoms with Gasteiger partial charge in [0.2, 0.25) is 5.91 Å². The van der Waals surface area contributed by atoms with Crippen molar-refractivity contribution in [2.24, 2.45) is 0 Å². The maximum atomic E-state index is 13.2. The van der Waals surface area contributed by atoms with Crippen LogP contribution in [0.4, 0.5) is 4.79 Å². The summed E-state index contributed by atoms with van der Waals surface area (Å²) in [6.07, 6.45) is 2.54. The van der Waals surface area contributed by atoms with Crippen molar-refractivity contribution in [3.05, 3.63) is 84.1 Å². The molecule has 1 aliphatic heterocycles. The molecule has 1 fully saturated rings. The fraction of sp³-hybridized carbons (Fsp3) is 0.192. The summed E-state index contributed by atoms with van der Waals surface area (Å²) < 4.78 is 0. The number of carbonyl (C=O) groups excluding carboxylic acids is 3. The lowest BCUT2D eigenvalue weighted by Crippen LogP contribution is -2.43. The van der Waals surface area contributed by atoms with Crippen LogP contribution < -0.4 is 10.6 Å². The molecule has 0 aliphatic carbocycles. The number of amides is 4. The van der Waals surface area contributed by atoms with Gasteiger partial charge in [-0.3, -0.25) is 14.5 Å². The highest BCUT2D eigenvalue weighted by molar-refractivity contribution is 6.09. The fourth-order valence-corrected chi connectivity index (χ4v) is 4.34. The van der Waals surface area contributed by atoms with E-state index in [1.165, 1.54) is 0 Å². The molecule has 4 amide bonds. The van der Waals surface area contributed by atoms with E-state index in [2.05, 4.69) is 21.7 Å². The van der Waals surface area contributed by atoms with Crippen LogP contribution in [0.2, 0.25) is 0 Å². The molecule has 7 heteroatoms. The molecule has 0 bridgehead atoms. The Labute approximate surface area is 190 Å². The Morgan fingerprint density at radius 3 is 2.64 bits per heavy atom. The first-order chi connectivity index (χ1) is 15.9. The van der Waals surface area contributed by atoms with Crippen molar-refractivity contribution >= 4 is 39.5 Å². The van der Waals surface area contributed by atoms with E-state index in [1.54, 1.807) is 6.92 Å². The van der Waals surface area contributed by atoms with Crippen LogP contribution in [0.3, 0.4) is 0 Å². The van der Waals surface area contributed by atoms with Crippen molar-refractivity contribution in [2.45, 2.75) is 18.9 Å². The van der Waals surface area contributed by atoms with Crippen molar-refractivity contribution in [3.63, 3.8) is 0 Å². The number of fused-ring (bicyclic) bond motifs is 2. The lowest BCUT2D eigenvalue weighted by Gasteiger charge is -2.22. The first-order valence-corrected chi connectivity index (χ1v) is 10.9. The lowest BCUT2D eigenvalue weighted by atomic mass is 9.90. The van der Waals surface area contributed by atoms with Crippen molar-refractivity contribution < 1.29 is 14.4 Å². The zero-order valence-electron chi connectivity index (χ0n) is 18.2. The molecule has 0 radical (unpaired) electrons. The van der Waals surface area contributed by atoms with Gasteiger partial charge < -0.3 is 15.6 Å². The Kier molecular flexibility index (Phi) is 5.09. The normalized spacial score (nSPS) is 18.2. The van der Waals surface area contributed by atoms with E-state index < -0.39 is 17.5 Å². The third kappa shape index (κ3) is 3.82. The summed E-state index contributed by atoms with van der Waals surface area (Å²) in [6.45, 7) is 1.78. The number of aromatic nitrogens is 1. The minimum Gasteiger partial charge on any atom is -0.361 e. The third-order valence-electron chi connectivity index (χ3n) is 6.26. The predicted octanol–water partition coefficient (Wildman–Crippen LogP) is 3.45. The number of nitrogens with zero attached hydrogens (tertiary/aromatic N) is 1. The molecule has 3 N–H and O–H groups in total. The lowest BCUT2D eigenvalue weighted by molar-refractivity contribution is -0.134. The number of nitrogens with one attached hydrogen (secondary N) is 3. The van der Waals surface area contributed by atoms with E-state index in [-0.39, 0.29) is 12.5 Å². The molecule has 2 heterocycles. The van der Waals surface area contributed by atoms with Gasteiger partial charge in [-0.2, -0.15) is 0 Å². The van der Waals surface area contributed by atoms with Crippen LogP contribution in [0, 0.1) is 0 Å². The summed E-state index contributed by atoms with van der Waals surface area (Å²) >= 11 is 0. The number of hydrogen-bond acceptors (Lipinski definition) is 3. The number of H-pyrrole nitrogens is 1. The van der Waals surface area contributed by atoms with Crippen LogP contribution in [0.1, 0.15) is 18.1 Å². The average Bonchev–Trinajstić information content (AvgIpc) is 3.37. The molecule has 1 saturated heterocycles. The van der Waals surface area contributed by atoms with Gasteiger partial charge in [0, 0.05) is 18.3 Å². The van der Waals surface area contributed by atoms with Gasteiger partial charge in [0.1, 0.15) is 12.1 Å². The van der Waals surface area contributed by atoms with Gasteiger partial charge in [-0.15, -0.1) is 0 Å². The molecule has 0 unspecified atom stereocenters. The first kappa shape index (κ1) is 20.8. The summed E-state index contributed by atoms with van der Waals surface area (Å²) in [5.74, 6) is -0.806. The van der Waals surface area contributed by atoms with Crippen molar-refractivity contribution in [3.8, 4) is 0 Å². The van der Waals surface area contributed by atoms with Crippen LogP contribution in [0.5, 0.6) is 0 Å². The second kappa shape index (κ2) is 8.09. The topological polar surface area (TPSA) is 94.3 Å². The predicted molar refractivity (Wildman–Crippen MR) is 127 cm³/mol. The largest absolute Gasteiger partial charge is 0.361 e. The van der Waals surface area contributed by atoms with Gasteiger partial charge in [-0.25, -0.2) is 4.79 Å². The zero-order chi connectivity index (χ0) is 23.0. The monoisotopic (exact) mass is 440 g/mol. The van der Waals surface area contributed by atoms with Crippen LogP contribution in [-0.4, -0.2) is 40.8 Å². The summed E-state index contributed by atoms with van der Waals surface area (Å²) in [5, 5.41) is 8.72. The summed E-state index contributed by atoms with van der Waals surface area (Å²) in [6, 6.07) is 21.0. The van der Waals surface area contributed by atoms with E-state index in [0.717, 1.165) is 32.1 Å². The van der Waals surface area contributed by atoms with E-state index in [4.69, 9.17) is 0 Å². The minimum atomic E-state index is -1.21. The number of urea groups is 1. The first-order valence-electron chi connectivity index (χ1n) is 10.9. The number of aromatic amines is 1. The van der Waals surface area contributed by atoms with Gasteiger partial charge in [0.25, 0.3) is 5.91 Å². The molecule has 0 saturated carbocycles. The Morgan fingerprint density at radius 1 is 0.970 bits per heavy atom. The Morgan fingerprint density at radius 2 is 1.79 bits per heavy atom. The maximum Gasteiger partial charge on any atom is 0.325 e. The molecule has 1 atom stereocenters. The van der Waals surface area contributed by atoms with Crippen molar-refractivity contribution in [1.82, 2.24) is 20.5 Å². The smallest absolute Gasteiger partial charge is 0.325 e. The molecular weight excluding hydrogens is 416 g/mol. The quantitative estimate of drug-likeness (QED) is 0.401.